The lowest BCUT2D eigenvalue weighted by atomic mass is 10.2. The van der Waals surface area contributed by atoms with E-state index in [0.717, 1.165) is 11.3 Å². The van der Waals surface area contributed by atoms with Crippen LogP contribution in [0.3, 0.4) is 0 Å². The monoisotopic (exact) mass is 269 g/mol. The van der Waals surface area contributed by atoms with Crippen LogP contribution in [0.2, 0.25) is 0 Å². The Morgan fingerprint density at radius 3 is 2.37 bits per heavy atom. The quantitative estimate of drug-likeness (QED) is 0.589. The number of hydrogen-bond donors (Lipinski definition) is 3. The average Bonchev–Trinajstić information content (AvgIpc) is 2.38. The highest BCUT2D eigenvalue weighted by molar-refractivity contribution is 5.31. The summed E-state index contributed by atoms with van der Waals surface area (Å²) in [6.45, 7) is 3.39. The fourth-order valence-electron chi connectivity index (χ4n) is 1.83. The van der Waals surface area contributed by atoms with E-state index in [-0.39, 0.29) is 19.8 Å². The molecule has 0 amide bonds. The number of ether oxygens (including phenoxy) is 1. The molecule has 1 aromatic rings. The third-order valence-electron chi connectivity index (χ3n) is 2.83. The topological polar surface area (TPSA) is 73.2 Å². The molecule has 0 unspecified atom stereocenters. The van der Waals surface area contributed by atoms with E-state index >= 15 is 0 Å². The second kappa shape index (κ2) is 8.87. The summed E-state index contributed by atoms with van der Waals surface area (Å²) in [6.07, 6.45) is -0.655. The van der Waals surface area contributed by atoms with E-state index in [1.54, 1.807) is 4.90 Å². The summed E-state index contributed by atoms with van der Waals surface area (Å²) in [4.78, 5) is 1.80. The van der Waals surface area contributed by atoms with Crippen LogP contribution in [0.15, 0.2) is 24.3 Å². The zero-order chi connectivity index (χ0) is 14.1. The van der Waals surface area contributed by atoms with Crippen molar-refractivity contribution in [1.82, 2.24) is 4.90 Å². The minimum Gasteiger partial charge on any atom is -0.491 e. The third-order valence-corrected chi connectivity index (χ3v) is 2.83. The van der Waals surface area contributed by atoms with Gasteiger partial charge in [-0.1, -0.05) is 18.2 Å². The molecule has 0 bridgehead atoms. The number of para-hydroxylation sites is 1. The van der Waals surface area contributed by atoms with Crippen LogP contribution in [0.4, 0.5) is 0 Å². The number of hydrogen-bond acceptors (Lipinski definition) is 5. The van der Waals surface area contributed by atoms with E-state index < -0.39 is 6.10 Å². The summed E-state index contributed by atoms with van der Waals surface area (Å²) in [5.74, 6) is 0.761. The number of aliphatic hydroxyl groups is 3. The molecule has 108 valence electrons. The van der Waals surface area contributed by atoms with Crippen LogP contribution < -0.4 is 4.74 Å². The lowest BCUT2D eigenvalue weighted by molar-refractivity contribution is 0.0550. The zero-order valence-corrected chi connectivity index (χ0v) is 11.3. The second-order valence-corrected chi connectivity index (χ2v) is 4.48. The molecule has 0 spiro atoms. The van der Waals surface area contributed by atoms with Crippen LogP contribution in [-0.4, -0.2) is 65.8 Å². The van der Waals surface area contributed by atoms with E-state index in [1.165, 1.54) is 0 Å². The summed E-state index contributed by atoms with van der Waals surface area (Å²) < 4.78 is 5.55. The van der Waals surface area contributed by atoms with Crippen LogP contribution in [0.5, 0.6) is 5.75 Å². The van der Waals surface area contributed by atoms with E-state index in [0.29, 0.717) is 19.6 Å². The number of benzene rings is 1. The first-order valence-electron chi connectivity index (χ1n) is 6.48. The Kier molecular flexibility index (Phi) is 7.43. The highest BCUT2D eigenvalue weighted by atomic mass is 16.5. The van der Waals surface area contributed by atoms with Gasteiger partial charge in [-0.15, -0.1) is 0 Å². The maximum Gasteiger partial charge on any atom is 0.122 e. The fraction of sp³-hybridized carbons (Fsp3) is 0.571. The van der Waals surface area contributed by atoms with Crippen molar-refractivity contribution in [3.05, 3.63) is 29.8 Å². The van der Waals surface area contributed by atoms with Crippen molar-refractivity contribution in [2.45, 2.75) is 13.0 Å². The van der Waals surface area contributed by atoms with Gasteiger partial charge in [0, 0.05) is 19.6 Å². The normalized spacial score (nSPS) is 12.7. The molecule has 0 heterocycles. The molecule has 1 aromatic carbocycles. The molecule has 0 saturated carbocycles. The molecule has 1 rings (SSSR count). The molecule has 0 aliphatic rings. The standard InChI is InChI=1S/C14H23NO4/c1-12-4-2-3-5-14(12)19-11-13(18)10-15(6-8-16)7-9-17/h2-5,13,16-18H,6-11H2,1H3/t13-/m0/s1. The Morgan fingerprint density at radius 1 is 1.16 bits per heavy atom. The number of nitrogens with zero attached hydrogens (tertiary/aromatic N) is 1. The van der Waals surface area contributed by atoms with Crippen molar-refractivity contribution in [2.24, 2.45) is 0 Å². The van der Waals surface area contributed by atoms with E-state index in [4.69, 9.17) is 14.9 Å². The van der Waals surface area contributed by atoms with Crippen LogP contribution in [-0.2, 0) is 0 Å². The Bertz CT molecular complexity index is 353. The Hall–Kier alpha value is -1.14. The van der Waals surface area contributed by atoms with Crippen molar-refractivity contribution in [3.8, 4) is 5.75 Å². The molecule has 19 heavy (non-hydrogen) atoms. The minimum absolute atomic E-state index is 0.00533. The van der Waals surface area contributed by atoms with Crippen molar-refractivity contribution in [1.29, 1.82) is 0 Å². The minimum atomic E-state index is -0.655. The first-order valence-corrected chi connectivity index (χ1v) is 6.48. The summed E-state index contributed by atoms with van der Waals surface area (Å²) >= 11 is 0. The Labute approximate surface area is 114 Å². The van der Waals surface area contributed by atoms with Gasteiger partial charge in [-0.2, -0.15) is 0 Å². The van der Waals surface area contributed by atoms with Gasteiger partial charge in [-0.25, -0.2) is 0 Å². The van der Waals surface area contributed by atoms with E-state index in [1.807, 2.05) is 31.2 Å². The molecule has 0 saturated heterocycles. The van der Waals surface area contributed by atoms with Crippen LogP contribution in [0.1, 0.15) is 5.56 Å². The molecular formula is C14H23NO4. The first-order chi connectivity index (χ1) is 9.17. The summed E-state index contributed by atoms with van der Waals surface area (Å²) in [5.41, 5.74) is 1.03. The Balaban J connectivity index is 2.38. The number of aryl methyl sites for hydroxylation is 1. The Morgan fingerprint density at radius 2 is 1.79 bits per heavy atom. The SMILES string of the molecule is Cc1ccccc1OC[C@@H](O)CN(CCO)CCO. The molecule has 1 atom stereocenters. The smallest absolute Gasteiger partial charge is 0.122 e. The van der Waals surface area contributed by atoms with Gasteiger partial charge < -0.3 is 20.1 Å². The maximum absolute atomic E-state index is 9.90. The highest BCUT2D eigenvalue weighted by Gasteiger charge is 2.12. The van der Waals surface area contributed by atoms with Crippen molar-refractivity contribution in [3.63, 3.8) is 0 Å². The summed E-state index contributed by atoms with van der Waals surface area (Å²) in [7, 11) is 0. The first kappa shape index (κ1) is 15.9. The maximum atomic E-state index is 9.90. The largest absolute Gasteiger partial charge is 0.491 e. The molecule has 5 heteroatoms. The summed E-state index contributed by atoms with van der Waals surface area (Å²) in [5, 5.41) is 27.7. The van der Waals surface area contributed by atoms with Crippen LogP contribution in [0.25, 0.3) is 0 Å². The van der Waals surface area contributed by atoms with Gasteiger partial charge in [0.05, 0.1) is 13.2 Å². The molecule has 0 aliphatic carbocycles. The molecule has 3 N–H and O–H groups in total. The van der Waals surface area contributed by atoms with Gasteiger partial charge >= 0.3 is 0 Å². The van der Waals surface area contributed by atoms with Crippen molar-refractivity contribution >= 4 is 0 Å². The summed E-state index contributed by atoms with van der Waals surface area (Å²) in [6, 6.07) is 7.63. The van der Waals surface area contributed by atoms with E-state index in [2.05, 4.69) is 0 Å². The highest BCUT2D eigenvalue weighted by Crippen LogP contribution is 2.16. The van der Waals surface area contributed by atoms with Gasteiger partial charge in [-0.3, -0.25) is 4.90 Å². The average molecular weight is 269 g/mol. The van der Waals surface area contributed by atoms with Crippen molar-refractivity contribution < 1.29 is 20.1 Å². The zero-order valence-electron chi connectivity index (χ0n) is 11.3. The molecule has 0 aromatic heterocycles. The van der Waals surface area contributed by atoms with Crippen LogP contribution in [0, 0.1) is 6.92 Å². The van der Waals surface area contributed by atoms with Gasteiger partial charge in [0.2, 0.25) is 0 Å². The second-order valence-electron chi connectivity index (χ2n) is 4.48. The van der Waals surface area contributed by atoms with Crippen LogP contribution >= 0.6 is 0 Å². The lowest BCUT2D eigenvalue weighted by Gasteiger charge is -2.23. The predicted octanol–water partition coefficient (Wildman–Crippen LogP) is 0.0213. The van der Waals surface area contributed by atoms with Gasteiger partial charge in [-0.05, 0) is 18.6 Å². The fourth-order valence-corrected chi connectivity index (χ4v) is 1.83. The van der Waals surface area contributed by atoms with Crippen molar-refractivity contribution in [2.75, 3.05) is 39.5 Å². The molecule has 5 nitrogen and oxygen atoms in total. The van der Waals surface area contributed by atoms with E-state index in [9.17, 15) is 5.11 Å². The van der Waals surface area contributed by atoms with Gasteiger partial charge in [0.25, 0.3) is 0 Å². The number of aliphatic hydroxyl groups excluding tert-OH is 3. The van der Waals surface area contributed by atoms with Gasteiger partial charge in [0.15, 0.2) is 0 Å². The molecule has 0 fully saturated rings. The van der Waals surface area contributed by atoms with Gasteiger partial charge in [0.1, 0.15) is 18.5 Å². The lowest BCUT2D eigenvalue weighted by Crippen LogP contribution is -2.38. The predicted molar refractivity (Wildman–Crippen MR) is 73.3 cm³/mol. The molecule has 0 aliphatic heterocycles. The number of rotatable bonds is 9. The molecular weight excluding hydrogens is 246 g/mol. The molecule has 0 radical (unpaired) electrons. The third kappa shape index (κ3) is 6.02.